The maximum atomic E-state index is 13.8. The average molecular weight is 293 g/mol. The van der Waals surface area contributed by atoms with Gasteiger partial charge in [-0.05, 0) is 36.4 Å². The van der Waals surface area contributed by atoms with Crippen LogP contribution in [0.15, 0.2) is 42.5 Å². The number of nitrogens with two attached hydrogens (primary N) is 1. The summed E-state index contributed by atoms with van der Waals surface area (Å²) in [6.07, 6.45) is 0. The number of nitrogen functional groups attached to an aromatic ring is 1. The molecule has 4 heteroatoms. The fourth-order valence-electron chi connectivity index (χ4n) is 2.14. The molecule has 106 valence electrons. The van der Waals surface area contributed by atoms with Crippen LogP contribution in [0.4, 0.5) is 10.1 Å². The van der Waals surface area contributed by atoms with Crippen LogP contribution in [0.25, 0.3) is 0 Å². The lowest BCUT2D eigenvalue weighted by molar-refractivity contribution is 0.267. The molecule has 2 aromatic rings. The standard InChI is InChI=1S/C16H18ClFN2/c1-2-20(10-12-5-3-6-13(19)9-12)11-14-15(17)7-4-8-16(14)18/h3-9H,2,10-11,19H2,1H3. The summed E-state index contributed by atoms with van der Waals surface area (Å²) in [5.74, 6) is -0.261. The molecule has 0 aliphatic rings. The molecule has 0 unspecified atom stereocenters. The minimum absolute atomic E-state index is 0.261. The van der Waals surface area contributed by atoms with E-state index in [4.69, 9.17) is 17.3 Å². The van der Waals surface area contributed by atoms with Crippen LogP contribution >= 0.6 is 11.6 Å². The molecule has 2 rings (SSSR count). The summed E-state index contributed by atoms with van der Waals surface area (Å²) in [6, 6.07) is 12.5. The maximum Gasteiger partial charge on any atom is 0.129 e. The Balaban J connectivity index is 2.13. The van der Waals surface area contributed by atoms with Crippen LogP contribution in [0.3, 0.4) is 0 Å². The molecule has 0 spiro atoms. The van der Waals surface area contributed by atoms with Crippen molar-refractivity contribution in [3.63, 3.8) is 0 Å². The summed E-state index contributed by atoms with van der Waals surface area (Å²) in [5, 5.41) is 0.469. The normalized spacial score (nSPS) is 11.0. The first kappa shape index (κ1) is 14.8. The molecule has 0 fully saturated rings. The van der Waals surface area contributed by atoms with Crippen LogP contribution in [-0.4, -0.2) is 11.4 Å². The highest BCUT2D eigenvalue weighted by molar-refractivity contribution is 6.31. The van der Waals surface area contributed by atoms with Gasteiger partial charge in [0.15, 0.2) is 0 Å². The molecule has 0 bridgehead atoms. The number of hydrogen-bond acceptors (Lipinski definition) is 2. The molecular weight excluding hydrogens is 275 g/mol. The Morgan fingerprint density at radius 2 is 1.90 bits per heavy atom. The topological polar surface area (TPSA) is 29.3 Å². The van der Waals surface area contributed by atoms with Gasteiger partial charge >= 0.3 is 0 Å². The van der Waals surface area contributed by atoms with Crippen molar-refractivity contribution in [1.29, 1.82) is 0 Å². The molecule has 0 radical (unpaired) electrons. The first-order valence-corrected chi connectivity index (χ1v) is 6.97. The summed E-state index contributed by atoms with van der Waals surface area (Å²) in [5.41, 5.74) is 8.17. The molecule has 0 amide bonds. The second kappa shape index (κ2) is 6.73. The summed E-state index contributed by atoms with van der Waals surface area (Å²) in [7, 11) is 0. The SMILES string of the molecule is CCN(Cc1cccc(N)c1)Cc1c(F)cccc1Cl. The van der Waals surface area contributed by atoms with E-state index in [9.17, 15) is 4.39 Å². The van der Waals surface area contributed by atoms with Gasteiger partial charge in [0.05, 0.1) is 0 Å². The van der Waals surface area contributed by atoms with Gasteiger partial charge in [0.25, 0.3) is 0 Å². The minimum Gasteiger partial charge on any atom is -0.399 e. The second-order valence-electron chi connectivity index (χ2n) is 4.75. The Morgan fingerprint density at radius 3 is 2.55 bits per heavy atom. The molecule has 0 aliphatic carbocycles. The summed E-state index contributed by atoms with van der Waals surface area (Å²) in [4.78, 5) is 2.12. The van der Waals surface area contributed by atoms with Crippen LogP contribution in [0.2, 0.25) is 5.02 Å². The third-order valence-corrected chi connectivity index (χ3v) is 3.60. The molecule has 0 aliphatic heterocycles. The molecule has 2 aromatic carbocycles. The molecule has 0 saturated heterocycles. The number of anilines is 1. The average Bonchev–Trinajstić information content (AvgIpc) is 2.42. The van der Waals surface area contributed by atoms with Gasteiger partial charge in [0, 0.05) is 29.4 Å². The molecule has 2 nitrogen and oxygen atoms in total. The molecule has 2 N–H and O–H groups in total. The maximum absolute atomic E-state index is 13.8. The molecular formula is C16H18ClFN2. The number of halogens is 2. The van der Waals surface area contributed by atoms with Crippen molar-refractivity contribution in [2.45, 2.75) is 20.0 Å². The predicted octanol–water partition coefficient (Wildman–Crippen LogP) is 4.08. The van der Waals surface area contributed by atoms with Crippen LogP contribution in [-0.2, 0) is 13.1 Å². The van der Waals surface area contributed by atoms with E-state index in [1.165, 1.54) is 6.07 Å². The summed E-state index contributed by atoms with van der Waals surface area (Å²) < 4.78 is 13.8. The zero-order chi connectivity index (χ0) is 14.5. The highest BCUT2D eigenvalue weighted by atomic mass is 35.5. The van der Waals surface area contributed by atoms with Gasteiger partial charge in [-0.25, -0.2) is 4.39 Å². The van der Waals surface area contributed by atoms with Gasteiger partial charge in [-0.1, -0.05) is 36.7 Å². The fourth-order valence-corrected chi connectivity index (χ4v) is 2.36. The van der Waals surface area contributed by atoms with Crippen LogP contribution in [0, 0.1) is 5.82 Å². The van der Waals surface area contributed by atoms with E-state index in [0.717, 1.165) is 17.8 Å². The minimum atomic E-state index is -0.261. The molecule has 0 aromatic heterocycles. The first-order chi connectivity index (χ1) is 9.60. The van der Waals surface area contributed by atoms with Gasteiger partial charge in [-0.3, -0.25) is 4.90 Å². The Hall–Kier alpha value is -1.58. The zero-order valence-electron chi connectivity index (χ0n) is 11.4. The lowest BCUT2D eigenvalue weighted by Crippen LogP contribution is -2.23. The number of nitrogens with zero attached hydrogens (tertiary/aromatic N) is 1. The number of rotatable bonds is 5. The van der Waals surface area contributed by atoms with Gasteiger partial charge in [0.2, 0.25) is 0 Å². The van der Waals surface area contributed by atoms with Crippen molar-refractivity contribution < 1.29 is 4.39 Å². The second-order valence-corrected chi connectivity index (χ2v) is 5.16. The van der Waals surface area contributed by atoms with E-state index >= 15 is 0 Å². The zero-order valence-corrected chi connectivity index (χ0v) is 12.2. The van der Waals surface area contributed by atoms with Crippen molar-refractivity contribution in [2.75, 3.05) is 12.3 Å². The van der Waals surface area contributed by atoms with E-state index < -0.39 is 0 Å². The Morgan fingerprint density at radius 1 is 1.15 bits per heavy atom. The molecule has 0 saturated carbocycles. The van der Waals surface area contributed by atoms with Crippen molar-refractivity contribution in [2.24, 2.45) is 0 Å². The largest absolute Gasteiger partial charge is 0.399 e. The van der Waals surface area contributed by atoms with Crippen LogP contribution < -0.4 is 5.73 Å². The van der Waals surface area contributed by atoms with Crippen molar-refractivity contribution in [3.8, 4) is 0 Å². The Labute approximate surface area is 124 Å². The first-order valence-electron chi connectivity index (χ1n) is 6.59. The Bertz CT molecular complexity index is 566. The van der Waals surface area contributed by atoms with Gasteiger partial charge < -0.3 is 5.73 Å². The number of hydrogen-bond donors (Lipinski definition) is 1. The van der Waals surface area contributed by atoms with E-state index in [2.05, 4.69) is 4.90 Å². The van der Waals surface area contributed by atoms with Crippen LogP contribution in [0.1, 0.15) is 18.1 Å². The highest BCUT2D eigenvalue weighted by Crippen LogP contribution is 2.21. The van der Waals surface area contributed by atoms with E-state index in [-0.39, 0.29) is 5.82 Å². The van der Waals surface area contributed by atoms with E-state index in [0.29, 0.717) is 23.7 Å². The van der Waals surface area contributed by atoms with E-state index in [1.807, 2.05) is 31.2 Å². The molecule has 0 atom stereocenters. The Kier molecular flexibility index (Phi) is 4.99. The van der Waals surface area contributed by atoms with Gasteiger partial charge in [-0.15, -0.1) is 0 Å². The summed E-state index contributed by atoms with van der Waals surface area (Å²) in [6.45, 7) is 4.05. The summed E-state index contributed by atoms with van der Waals surface area (Å²) >= 11 is 6.07. The van der Waals surface area contributed by atoms with Crippen molar-refractivity contribution >= 4 is 17.3 Å². The van der Waals surface area contributed by atoms with Crippen molar-refractivity contribution in [3.05, 3.63) is 64.4 Å². The lowest BCUT2D eigenvalue weighted by Gasteiger charge is -2.21. The molecule has 0 heterocycles. The van der Waals surface area contributed by atoms with E-state index in [1.54, 1.807) is 12.1 Å². The quantitative estimate of drug-likeness (QED) is 0.841. The monoisotopic (exact) mass is 292 g/mol. The van der Waals surface area contributed by atoms with Crippen LogP contribution in [0.5, 0.6) is 0 Å². The fraction of sp³-hybridized carbons (Fsp3) is 0.250. The third-order valence-electron chi connectivity index (χ3n) is 3.25. The smallest absolute Gasteiger partial charge is 0.129 e. The van der Waals surface area contributed by atoms with Gasteiger partial charge in [0.1, 0.15) is 5.82 Å². The lowest BCUT2D eigenvalue weighted by atomic mass is 10.1. The van der Waals surface area contributed by atoms with Crippen molar-refractivity contribution in [1.82, 2.24) is 4.90 Å². The third kappa shape index (κ3) is 3.71. The molecule has 20 heavy (non-hydrogen) atoms. The number of benzene rings is 2. The predicted molar refractivity (Wildman–Crippen MR) is 82.1 cm³/mol. The van der Waals surface area contributed by atoms with Gasteiger partial charge in [-0.2, -0.15) is 0 Å². The highest BCUT2D eigenvalue weighted by Gasteiger charge is 2.11.